The van der Waals surface area contributed by atoms with Crippen LogP contribution in [0.4, 0.5) is 0 Å². The molecule has 0 aliphatic carbocycles. The molecule has 5 atom stereocenters. The second kappa shape index (κ2) is 6.48. The fraction of sp³-hybridized carbons (Fsp3) is 1.00. The van der Waals surface area contributed by atoms with Gasteiger partial charge in [0.25, 0.3) is 0 Å². The summed E-state index contributed by atoms with van der Waals surface area (Å²) in [5, 5.41) is 0. The number of rotatable bonds is 3. The molecule has 4 heterocycles. The van der Waals surface area contributed by atoms with Crippen molar-refractivity contribution in [1.82, 2.24) is 0 Å². The summed E-state index contributed by atoms with van der Waals surface area (Å²) < 4.78 is 34.7. The van der Waals surface area contributed by atoms with Crippen molar-refractivity contribution in [1.29, 1.82) is 0 Å². The van der Waals surface area contributed by atoms with Gasteiger partial charge in [0.1, 0.15) is 0 Å². The van der Waals surface area contributed by atoms with Crippen molar-refractivity contribution in [3.05, 3.63) is 0 Å². The molecule has 4 saturated heterocycles. The van der Waals surface area contributed by atoms with Gasteiger partial charge in [-0.2, -0.15) is 0 Å². The van der Waals surface area contributed by atoms with Crippen LogP contribution in [0.2, 0.25) is 0 Å². The summed E-state index contributed by atoms with van der Waals surface area (Å²) in [5.41, 5.74) is 0. The largest absolute Gasteiger partial charge is 0.381 e. The van der Waals surface area contributed by atoms with E-state index in [0.29, 0.717) is 37.6 Å². The second-order valence-corrected chi connectivity index (χ2v) is 6.38. The first kappa shape index (κ1) is 14.4. The summed E-state index contributed by atoms with van der Waals surface area (Å²) in [4.78, 5) is 0. The molecule has 6 heteroatoms. The van der Waals surface area contributed by atoms with E-state index in [2.05, 4.69) is 0 Å². The Morgan fingerprint density at radius 3 is 1.05 bits per heavy atom. The SMILES string of the molecule is C1C[C@@H](C2OC([C@@H]3CCOC3)OC([C@H]3CCOC3)O2)CO1. The first-order valence-corrected chi connectivity index (χ1v) is 8.10. The minimum absolute atomic E-state index is 0.225. The van der Waals surface area contributed by atoms with Crippen molar-refractivity contribution in [2.24, 2.45) is 17.8 Å². The second-order valence-electron chi connectivity index (χ2n) is 6.38. The van der Waals surface area contributed by atoms with Gasteiger partial charge in [-0.3, -0.25) is 0 Å². The Morgan fingerprint density at radius 1 is 0.476 bits per heavy atom. The van der Waals surface area contributed by atoms with Crippen LogP contribution < -0.4 is 0 Å². The highest BCUT2D eigenvalue weighted by atomic mass is 16.9. The molecule has 4 fully saturated rings. The average Bonchev–Trinajstić information content (AvgIpc) is 3.29. The lowest BCUT2D eigenvalue weighted by Crippen LogP contribution is -2.49. The van der Waals surface area contributed by atoms with Gasteiger partial charge < -0.3 is 28.4 Å². The quantitative estimate of drug-likeness (QED) is 0.779. The molecule has 0 aromatic carbocycles. The summed E-state index contributed by atoms with van der Waals surface area (Å²) in [6.07, 6.45) is 2.30. The molecule has 4 aliphatic heterocycles. The fourth-order valence-electron chi connectivity index (χ4n) is 3.46. The molecule has 4 aliphatic rings. The molecule has 4 rings (SSSR count). The van der Waals surface area contributed by atoms with Gasteiger partial charge in [0, 0.05) is 37.6 Å². The third-order valence-corrected chi connectivity index (χ3v) is 4.85. The topological polar surface area (TPSA) is 55.4 Å². The standard InChI is InChI=1S/C15H24O6/c1-4-16-7-10(1)13-19-14(11-2-5-17-8-11)21-15(20-13)12-3-6-18-9-12/h10-15H,1-9H2/t10-,11-,12+,13?,14?,15?/m1/s1. The summed E-state index contributed by atoms with van der Waals surface area (Å²) in [7, 11) is 0. The summed E-state index contributed by atoms with van der Waals surface area (Å²) in [5.74, 6) is 0.927. The van der Waals surface area contributed by atoms with E-state index in [1.54, 1.807) is 0 Å². The zero-order valence-corrected chi connectivity index (χ0v) is 12.3. The van der Waals surface area contributed by atoms with Gasteiger partial charge in [0.15, 0.2) is 18.9 Å². The highest BCUT2D eigenvalue weighted by molar-refractivity contribution is 4.79. The monoisotopic (exact) mass is 300 g/mol. The fourth-order valence-corrected chi connectivity index (χ4v) is 3.46. The van der Waals surface area contributed by atoms with Gasteiger partial charge in [-0.1, -0.05) is 0 Å². The van der Waals surface area contributed by atoms with Gasteiger partial charge in [-0.25, -0.2) is 0 Å². The molecule has 0 spiro atoms. The van der Waals surface area contributed by atoms with E-state index in [1.807, 2.05) is 0 Å². The highest BCUT2D eigenvalue weighted by Gasteiger charge is 2.44. The van der Waals surface area contributed by atoms with Gasteiger partial charge in [-0.05, 0) is 19.3 Å². The van der Waals surface area contributed by atoms with Gasteiger partial charge in [-0.15, -0.1) is 0 Å². The normalized spacial score (nSPS) is 48.0. The van der Waals surface area contributed by atoms with Crippen LogP contribution in [0.15, 0.2) is 0 Å². The first-order valence-electron chi connectivity index (χ1n) is 8.10. The maximum atomic E-state index is 6.10. The molecule has 21 heavy (non-hydrogen) atoms. The van der Waals surface area contributed by atoms with Crippen molar-refractivity contribution >= 4 is 0 Å². The van der Waals surface area contributed by atoms with Crippen LogP contribution in [0.1, 0.15) is 19.3 Å². The van der Waals surface area contributed by atoms with Crippen molar-refractivity contribution < 1.29 is 28.4 Å². The Kier molecular flexibility index (Phi) is 4.43. The number of ether oxygens (including phenoxy) is 6. The van der Waals surface area contributed by atoms with Crippen LogP contribution >= 0.6 is 0 Å². The average molecular weight is 300 g/mol. The first-order chi connectivity index (χ1) is 10.4. The van der Waals surface area contributed by atoms with E-state index in [4.69, 9.17) is 28.4 Å². The Balaban J connectivity index is 1.45. The maximum absolute atomic E-state index is 6.10. The zero-order chi connectivity index (χ0) is 14.1. The van der Waals surface area contributed by atoms with Crippen LogP contribution in [0.3, 0.4) is 0 Å². The maximum Gasteiger partial charge on any atom is 0.168 e. The third kappa shape index (κ3) is 3.11. The van der Waals surface area contributed by atoms with Crippen molar-refractivity contribution in [2.75, 3.05) is 39.6 Å². The van der Waals surface area contributed by atoms with Gasteiger partial charge in [0.2, 0.25) is 0 Å². The lowest BCUT2D eigenvalue weighted by atomic mass is 10.0. The molecule has 0 radical (unpaired) electrons. The Morgan fingerprint density at radius 2 is 0.810 bits per heavy atom. The molecule has 0 N–H and O–H groups in total. The van der Waals surface area contributed by atoms with Gasteiger partial charge >= 0.3 is 0 Å². The molecule has 0 saturated carbocycles. The van der Waals surface area contributed by atoms with Crippen LogP contribution in [0, 0.1) is 17.8 Å². The van der Waals surface area contributed by atoms with Gasteiger partial charge in [0.05, 0.1) is 19.8 Å². The van der Waals surface area contributed by atoms with E-state index in [0.717, 1.165) is 39.1 Å². The van der Waals surface area contributed by atoms with E-state index in [-0.39, 0.29) is 18.9 Å². The number of hydrogen-bond donors (Lipinski definition) is 0. The van der Waals surface area contributed by atoms with Crippen molar-refractivity contribution in [3.63, 3.8) is 0 Å². The van der Waals surface area contributed by atoms with Crippen LogP contribution in [0.25, 0.3) is 0 Å². The predicted molar refractivity (Wildman–Crippen MR) is 71.4 cm³/mol. The van der Waals surface area contributed by atoms with Crippen molar-refractivity contribution in [3.8, 4) is 0 Å². The van der Waals surface area contributed by atoms with E-state index in [9.17, 15) is 0 Å². The molecular weight excluding hydrogens is 276 g/mol. The Bertz CT molecular complexity index is 275. The smallest absolute Gasteiger partial charge is 0.168 e. The predicted octanol–water partition coefficient (Wildman–Crippen LogP) is 1.14. The third-order valence-electron chi connectivity index (χ3n) is 4.85. The molecule has 120 valence electrons. The molecule has 6 nitrogen and oxygen atoms in total. The lowest BCUT2D eigenvalue weighted by molar-refractivity contribution is -0.412. The van der Waals surface area contributed by atoms with Crippen molar-refractivity contribution in [2.45, 2.75) is 38.1 Å². The molecule has 0 bridgehead atoms. The molecule has 0 aromatic heterocycles. The molecule has 0 aromatic rings. The molecule has 0 amide bonds. The van der Waals surface area contributed by atoms with Crippen LogP contribution in [-0.4, -0.2) is 58.5 Å². The lowest BCUT2D eigenvalue weighted by Gasteiger charge is -2.41. The Hall–Kier alpha value is -0.240. The minimum Gasteiger partial charge on any atom is -0.381 e. The summed E-state index contributed by atoms with van der Waals surface area (Å²) in [6.45, 7) is 4.53. The van der Waals surface area contributed by atoms with E-state index in [1.165, 1.54) is 0 Å². The highest BCUT2D eigenvalue weighted by Crippen LogP contribution is 2.35. The molecular formula is C15H24O6. The van der Waals surface area contributed by atoms with Crippen LogP contribution in [-0.2, 0) is 28.4 Å². The number of hydrogen-bond acceptors (Lipinski definition) is 6. The zero-order valence-electron chi connectivity index (χ0n) is 12.3. The molecule has 2 unspecified atom stereocenters. The van der Waals surface area contributed by atoms with E-state index >= 15 is 0 Å². The summed E-state index contributed by atoms with van der Waals surface area (Å²) >= 11 is 0. The van der Waals surface area contributed by atoms with Crippen LogP contribution in [0.5, 0.6) is 0 Å². The minimum atomic E-state index is -0.225. The van der Waals surface area contributed by atoms with E-state index < -0.39 is 0 Å². The summed E-state index contributed by atoms with van der Waals surface area (Å²) in [6, 6.07) is 0. The Labute approximate surface area is 125 Å².